The number of nitrogens with two attached hydrogens (primary N) is 1. The van der Waals surface area contributed by atoms with Crippen LogP contribution in [0, 0.1) is 0 Å². The molecular weight excluding hydrogens is 222 g/mol. The van der Waals surface area contributed by atoms with Crippen molar-refractivity contribution in [2.75, 3.05) is 0 Å². The van der Waals surface area contributed by atoms with Crippen LogP contribution in [0.3, 0.4) is 0 Å². The molecule has 0 aliphatic heterocycles. The number of thiophene rings is 2. The fourth-order valence-corrected chi connectivity index (χ4v) is 3.38. The molecule has 0 amide bonds. The van der Waals surface area contributed by atoms with E-state index < -0.39 is 0 Å². The Hall–Kier alpha value is -0.640. The highest BCUT2D eigenvalue weighted by Crippen LogP contribution is 2.31. The van der Waals surface area contributed by atoms with E-state index in [4.69, 9.17) is 5.73 Å². The topological polar surface area (TPSA) is 26.0 Å². The van der Waals surface area contributed by atoms with Crippen LogP contribution in [-0.2, 0) is 6.42 Å². The predicted octanol–water partition coefficient (Wildman–Crippen LogP) is 3.76. The van der Waals surface area contributed by atoms with E-state index in [0.717, 1.165) is 12.8 Å². The van der Waals surface area contributed by atoms with Crippen molar-refractivity contribution >= 4 is 22.7 Å². The number of rotatable bonds is 4. The van der Waals surface area contributed by atoms with Crippen molar-refractivity contribution in [2.24, 2.45) is 5.73 Å². The summed E-state index contributed by atoms with van der Waals surface area (Å²) >= 11 is 3.66. The van der Waals surface area contributed by atoms with Gasteiger partial charge in [0.2, 0.25) is 0 Å². The van der Waals surface area contributed by atoms with Crippen molar-refractivity contribution in [1.82, 2.24) is 0 Å². The van der Waals surface area contributed by atoms with Crippen LogP contribution in [0.2, 0.25) is 0 Å². The van der Waals surface area contributed by atoms with Gasteiger partial charge in [0.1, 0.15) is 0 Å². The molecule has 0 aliphatic carbocycles. The van der Waals surface area contributed by atoms with E-state index in [1.807, 2.05) is 11.3 Å². The number of hydrogen-bond donors (Lipinski definition) is 1. The Morgan fingerprint density at radius 1 is 1.27 bits per heavy atom. The molecule has 0 fully saturated rings. The maximum Gasteiger partial charge on any atom is 0.0445 e. The Morgan fingerprint density at radius 3 is 2.80 bits per heavy atom. The van der Waals surface area contributed by atoms with Crippen LogP contribution >= 0.6 is 22.7 Å². The fourth-order valence-electron chi connectivity index (χ4n) is 1.44. The maximum absolute atomic E-state index is 5.94. The maximum atomic E-state index is 5.94. The third kappa shape index (κ3) is 2.68. The molecular formula is C12H15NS2. The van der Waals surface area contributed by atoms with Crippen molar-refractivity contribution in [2.45, 2.75) is 25.8 Å². The summed E-state index contributed by atoms with van der Waals surface area (Å²) in [5, 5.41) is 2.12. The van der Waals surface area contributed by atoms with E-state index in [1.54, 1.807) is 11.3 Å². The van der Waals surface area contributed by atoms with Gasteiger partial charge in [-0.2, -0.15) is 0 Å². The molecule has 2 N–H and O–H groups in total. The van der Waals surface area contributed by atoms with Gasteiger partial charge in [-0.05, 0) is 36.4 Å². The lowest BCUT2D eigenvalue weighted by Gasteiger charge is -2.05. The Labute approximate surface area is 98.6 Å². The molecule has 0 radical (unpaired) electrons. The molecule has 0 aliphatic rings. The minimum atomic E-state index is 0.305. The zero-order valence-corrected chi connectivity index (χ0v) is 10.4. The SMILES string of the molecule is CCC(N)Cc1ccc(-c2cccs2)s1. The highest BCUT2D eigenvalue weighted by Gasteiger charge is 2.06. The summed E-state index contributed by atoms with van der Waals surface area (Å²) in [7, 11) is 0. The minimum absolute atomic E-state index is 0.305. The van der Waals surface area contributed by atoms with Crippen molar-refractivity contribution in [1.29, 1.82) is 0 Å². The summed E-state index contributed by atoms with van der Waals surface area (Å²) in [6, 6.07) is 8.97. The van der Waals surface area contributed by atoms with Crippen LogP contribution in [-0.4, -0.2) is 6.04 Å². The lowest BCUT2D eigenvalue weighted by Crippen LogP contribution is -2.20. The molecule has 3 heteroatoms. The van der Waals surface area contributed by atoms with E-state index in [2.05, 4.69) is 36.6 Å². The molecule has 0 aromatic carbocycles. The second kappa shape index (κ2) is 4.92. The summed E-state index contributed by atoms with van der Waals surface area (Å²) in [5.74, 6) is 0. The minimum Gasteiger partial charge on any atom is -0.327 e. The summed E-state index contributed by atoms with van der Waals surface area (Å²) in [6.45, 7) is 2.14. The predicted molar refractivity (Wildman–Crippen MR) is 69.6 cm³/mol. The Kier molecular flexibility index (Phi) is 3.57. The highest BCUT2D eigenvalue weighted by atomic mass is 32.1. The van der Waals surface area contributed by atoms with Gasteiger partial charge < -0.3 is 5.73 Å². The van der Waals surface area contributed by atoms with Crippen molar-refractivity contribution < 1.29 is 0 Å². The summed E-state index contributed by atoms with van der Waals surface area (Å²) in [4.78, 5) is 4.12. The fraction of sp³-hybridized carbons (Fsp3) is 0.333. The van der Waals surface area contributed by atoms with Crippen LogP contribution < -0.4 is 5.73 Å². The van der Waals surface area contributed by atoms with Crippen molar-refractivity contribution in [3.05, 3.63) is 34.5 Å². The Morgan fingerprint density at radius 2 is 2.13 bits per heavy atom. The van der Waals surface area contributed by atoms with Crippen LogP contribution in [0.15, 0.2) is 29.6 Å². The molecule has 1 nitrogen and oxygen atoms in total. The summed E-state index contributed by atoms with van der Waals surface area (Å²) < 4.78 is 0. The van der Waals surface area contributed by atoms with Gasteiger partial charge in [-0.3, -0.25) is 0 Å². The first-order chi connectivity index (χ1) is 7.29. The smallest absolute Gasteiger partial charge is 0.0445 e. The second-order valence-electron chi connectivity index (χ2n) is 3.62. The van der Waals surface area contributed by atoms with Crippen LogP contribution in [0.1, 0.15) is 18.2 Å². The van der Waals surface area contributed by atoms with Gasteiger partial charge in [-0.1, -0.05) is 13.0 Å². The van der Waals surface area contributed by atoms with Crippen LogP contribution in [0.25, 0.3) is 9.75 Å². The van der Waals surface area contributed by atoms with Gasteiger partial charge in [0.05, 0.1) is 0 Å². The molecule has 1 atom stereocenters. The van der Waals surface area contributed by atoms with Crippen molar-refractivity contribution in [3.63, 3.8) is 0 Å². The average molecular weight is 237 g/mol. The molecule has 15 heavy (non-hydrogen) atoms. The molecule has 2 aromatic rings. The van der Waals surface area contributed by atoms with Crippen LogP contribution in [0.4, 0.5) is 0 Å². The van der Waals surface area contributed by atoms with E-state index in [0.29, 0.717) is 6.04 Å². The van der Waals surface area contributed by atoms with Gasteiger partial charge in [0.15, 0.2) is 0 Å². The quantitative estimate of drug-likeness (QED) is 0.861. The summed E-state index contributed by atoms with van der Waals surface area (Å²) in [5.41, 5.74) is 5.94. The van der Waals surface area contributed by atoms with Gasteiger partial charge in [0.25, 0.3) is 0 Å². The lowest BCUT2D eigenvalue weighted by molar-refractivity contribution is 0.652. The highest BCUT2D eigenvalue weighted by molar-refractivity contribution is 7.21. The lowest BCUT2D eigenvalue weighted by atomic mass is 10.1. The van der Waals surface area contributed by atoms with Gasteiger partial charge in [-0.25, -0.2) is 0 Å². The molecule has 0 saturated carbocycles. The normalized spacial score (nSPS) is 12.9. The molecule has 1 unspecified atom stereocenters. The van der Waals surface area contributed by atoms with E-state index in [9.17, 15) is 0 Å². The molecule has 0 saturated heterocycles. The molecule has 80 valence electrons. The Balaban J connectivity index is 2.11. The third-order valence-corrected chi connectivity index (χ3v) is 4.59. The molecule has 2 aromatic heterocycles. The average Bonchev–Trinajstić information content (AvgIpc) is 2.85. The first kappa shape index (κ1) is 10.9. The monoisotopic (exact) mass is 237 g/mol. The van der Waals surface area contributed by atoms with Crippen molar-refractivity contribution in [3.8, 4) is 9.75 Å². The second-order valence-corrected chi connectivity index (χ2v) is 5.73. The first-order valence-corrected chi connectivity index (χ1v) is 6.87. The molecule has 0 bridgehead atoms. The van der Waals surface area contributed by atoms with Crippen LogP contribution in [0.5, 0.6) is 0 Å². The molecule has 0 spiro atoms. The van der Waals surface area contributed by atoms with E-state index in [-0.39, 0.29) is 0 Å². The molecule has 2 heterocycles. The van der Waals surface area contributed by atoms with Gasteiger partial charge in [-0.15, -0.1) is 22.7 Å². The Bertz CT molecular complexity index is 403. The zero-order chi connectivity index (χ0) is 10.7. The largest absolute Gasteiger partial charge is 0.327 e. The number of hydrogen-bond acceptors (Lipinski definition) is 3. The van der Waals surface area contributed by atoms with Gasteiger partial charge in [0, 0.05) is 20.7 Å². The zero-order valence-electron chi connectivity index (χ0n) is 8.77. The van der Waals surface area contributed by atoms with Gasteiger partial charge >= 0.3 is 0 Å². The first-order valence-electron chi connectivity index (χ1n) is 5.17. The summed E-state index contributed by atoms with van der Waals surface area (Å²) in [6.07, 6.45) is 2.05. The van der Waals surface area contributed by atoms with E-state index in [1.165, 1.54) is 14.6 Å². The molecule has 2 rings (SSSR count). The standard InChI is InChI=1S/C12H15NS2/c1-2-9(13)8-10-5-6-12(15-10)11-4-3-7-14-11/h3-7,9H,2,8,13H2,1H3. The van der Waals surface area contributed by atoms with E-state index >= 15 is 0 Å². The third-order valence-electron chi connectivity index (χ3n) is 2.41.